The summed E-state index contributed by atoms with van der Waals surface area (Å²) < 4.78 is 5.90. The van der Waals surface area contributed by atoms with Crippen LogP contribution in [0.2, 0.25) is 0 Å². The van der Waals surface area contributed by atoms with E-state index in [4.69, 9.17) is 10.5 Å². The van der Waals surface area contributed by atoms with Gasteiger partial charge in [0.05, 0.1) is 6.61 Å². The van der Waals surface area contributed by atoms with Crippen LogP contribution in [0.15, 0.2) is 18.2 Å². The van der Waals surface area contributed by atoms with Crippen molar-refractivity contribution in [2.24, 2.45) is 5.73 Å². The zero-order valence-corrected chi connectivity index (χ0v) is 13.7. The standard InChI is InChI=1S/C19H31NO/c1-3-4-5-6-7-12-21-18-10-11-19-16(13-15(2)20)8-9-17(19)14-18/h10-11,14-16H,3-9,12-13,20H2,1-2H3/t15-,16+/m0/s1. The van der Waals surface area contributed by atoms with Crippen LogP contribution in [0.3, 0.4) is 0 Å². The van der Waals surface area contributed by atoms with Crippen LogP contribution < -0.4 is 10.5 Å². The summed E-state index contributed by atoms with van der Waals surface area (Å²) in [5, 5.41) is 0. The first-order valence-electron chi connectivity index (χ1n) is 8.72. The highest BCUT2D eigenvalue weighted by Crippen LogP contribution is 2.37. The number of benzene rings is 1. The molecule has 0 amide bonds. The SMILES string of the molecule is CCCCCCCOc1ccc2c(c1)CC[C@@H]2C[C@H](C)N. The number of hydrogen-bond donors (Lipinski definition) is 1. The van der Waals surface area contributed by atoms with Crippen LogP contribution >= 0.6 is 0 Å². The van der Waals surface area contributed by atoms with Gasteiger partial charge in [0.15, 0.2) is 0 Å². The van der Waals surface area contributed by atoms with Crippen molar-refractivity contribution in [3.05, 3.63) is 29.3 Å². The van der Waals surface area contributed by atoms with E-state index in [9.17, 15) is 0 Å². The molecule has 2 rings (SSSR count). The molecule has 0 spiro atoms. The van der Waals surface area contributed by atoms with E-state index in [1.807, 2.05) is 0 Å². The molecule has 2 nitrogen and oxygen atoms in total. The molecule has 2 N–H and O–H groups in total. The fraction of sp³-hybridized carbons (Fsp3) is 0.684. The van der Waals surface area contributed by atoms with Crippen LogP contribution in [-0.2, 0) is 6.42 Å². The molecule has 0 aliphatic heterocycles. The molecule has 1 aliphatic carbocycles. The van der Waals surface area contributed by atoms with Crippen molar-refractivity contribution in [2.45, 2.75) is 77.2 Å². The summed E-state index contributed by atoms with van der Waals surface area (Å²) in [4.78, 5) is 0. The second kappa shape index (κ2) is 8.43. The van der Waals surface area contributed by atoms with E-state index in [0.717, 1.165) is 18.8 Å². The van der Waals surface area contributed by atoms with Crippen molar-refractivity contribution >= 4 is 0 Å². The molecule has 0 heterocycles. The molecule has 0 saturated heterocycles. The number of nitrogens with two attached hydrogens (primary N) is 1. The number of aryl methyl sites for hydroxylation is 1. The lowest BCUT2D eigenvalue weighted by molar-refractivity contribution is 0.304. The molecular weight excluding hydrogens is 258 g/mol. The minimum Gasteiger partial charge on any atom is -0.494 e. The van der Waals surface area contributed by atoms with E-state index in [-0.39, 0.29) is 0 Å². The summed E-state index contributed by atoms with van der Waals surface area (Å²) in [6.07, 6.45) is 9.97. The predicted octanol–water partition coefficient (Wildman–Crippen LogP) is 4.80. The summed E-state index contributed by atoms with van der Waals surface area (Å²) in [6, 6.07) is 6.95. The maximum atomic E-state index is 5.95. The summed E-state index contributed by atoms with van der Waals surface area (Å²) in [7, 11) is 0. The summed E-state index contributed by atoms with van der Waals surface area (Å²) in [5.41, 5.74) is 8.93. The van der Waals surface area contributed by atoms with Crippen molar-refractivity contribution in [1.29, 1.82) is 0 Å². The van der Waals surface area contributed by atoms with Crippen LogP contribution in [-0.4, -0.2) is 12.6 Å². The highest BCUT2D eigenvalue weighted by molar-refractivity contribution is 5.41. The second-order valence-electron chi connectivity index (χ2n) is 6.57. The molecule has 0 aromatic heterocycles. The third-order valence-electron chi connectivity index (χ3n) is 4.49. The van der Waals surface area contributed by atoms with Crippen LogP contribution in [0.5, 0.6) is 5.75 Å². The van der Waals surface area contributed by atoms with Crippen molar-refractivity contribution < 1.29 is 4.74 Å². The van der Waals surface area contributed by atoms with Gasteiger partial charge in [-0.1, -0.05) is 38.7 Å². The Hall–Kier alpha value is -1.02. The molecule has 0 unspecified atom stereocenters. The van der Waals surface area contributed by atoms with Crippen molar-refractivity contribution in [2.75, 3.05) is 6.61 Å². The highest BCUT2D eigenvalue weighted by Gasteiger charge is 2.23. The van der Waals surface area contributed by atoms with Gasteiger partial charge >= 0.3 is 0 Å². The molecule has 2 atom stereocenters. The largest absolute Gasteiger partial charge is 0.494 e. The molecule has 21 heavy (non-hydrogen) atoms. The molecule has 2 heteroatoms. The Morgan fingerprint density at radius 3 is 2.81 bits per heavy atom. The Morgan fingerprint density at radius 1 is 1.24 bits per heavy atom. The monoisotopic (exact) mass is 289 g/mol. The highest BCUT2D eigenvalue weighted by atomic mass is 16.5. The van der Waals surface area contributed by atoms with E-state index < -0.39 is 0 Å². The van der Waals surface area contributed by atoms with Gasteiger partial charge in [-0.15, -0.1) is 0 Å². The first-order valence-corrected chi connectivity index (χ1v) is 8.72. The van der Waals surface area contributed by atoms with Gasteiger partial charge in [0, 0.05) is 6.04 Å². The molecule has 1 aromatic carbocycles. The van der Waals surface area contributed by atoms with E-state index in [1.165, 1.54) is 56.1 Å². The lowest BCUT2D eigenvalue weighted by atomic mass is 9.95. The number of hydrogen-bond acceptors (Lipinski definition) is 2. The third-order valence-corrected chi connectivity index (χ3v) is 4.49. The van der Waals surface area contributed by atoms with E-state index in [0.29, 0.717) is 12.0 Å². The molecule has 118 valence electrons. The topological polar surface area (TPSA) is 35.2 Å². The van der Waals surface area contributed by atoms with Crippen LogP contribution in [0.4, 0.5) is 0 Å². The zero-order valence-electron chi connectivity index (χ0n) is 13.7. The predicted molar refractivity (Wildman–Crippen MR) is 90.0 cm³/mol. The number of fused-ring (bicyclic) bond motifs is 1. The smallest absolute Gasteiger partial charge is 0.119 e. The molecular formula is C19H31NO. The van der Waals surface area contributed by atoms with Gasteiger partial charge in [0.1, 0.15) is 5.75 Å². The van der Waals surface area contributed by atoms with E-state index >= 15 is 0 Å². The molecule has 1 aromatic rings. The number of rotatable bonds is 9. The average molecular weight is 289 g/mol. The Morgan fingerprint density at radius 2 is 2.05 bits per heavy atom. The Kier molecular flexibility index (Phi) is 6.56. The van der Waals surface area contributed by atoms with E-state index in [1.54, 1.807) is 0 Å². The van der Waals surface area contributed by atoms with Gasteiger partial charge in [-0.3, -0.25) is 0 Å². The first kappa shape index (κ1) is 16.4. The Balaban J connectivity index is 1.79. The first-order chi connectivity index (χ1) is 10.2. The van der Waals surface area contributed by atoms with Crippen LogP contribution in [0.25, 0.3) is 0 Å². The minimum atomic E-state index is 0.292. The van der Waals surface area contributed by atoms with Crippen LogP contribution in [0, 0.1) is 0 Å². The number of ether oxygens (including phenoxy) is 1. The van der Waals surface area contributed by atoms with Crippen LogP contribution in [0.1, 0.15) is 75.8 Å². The van der Waals surface area contributed by atoms with Gasteiger partial charge in [0.2, 0.25) is 0 Å². The molecule has 0 radical (unpaired) electrons. The lowest BCUT2D eigenvalue weighted by Crippen LogP contribution is -2.17. The normalized spacial score (nSPS) is 18.5. The Bertz CT molecular complexity index is 428. The van der Waals surface area contributed by atoms with Crippen molar-refractivity contribution in [3.63, 3.8) is 0 Å². The minimum absolute atomic E-state index is 0.292. The van der Waals surface area contributed by atoms with E-state index in [2.05, 4.69) is 32.0 Å². The van der Waals surface area contributed by atoms with Crippen molar-refractivity contribution in [1.82, 2.24) is 0 Å². The van der Waals surface area contributed by atoms with Crippen molar-refractivity contribution in [3.8, 4) is 5.75 Å². The van der Waals surface area contributed by atoms with Gasteiger partial charge in [-0.25, -0.2) is 0 Å². The molecule has 1 aliphatic rings. The van der Waals surface area contributed by atoms with Gasteiger partial charge in [-0.05, 0) is 61.8 Å². The quantitative estimate of drug-likeness (QED) is 0.663. The van der Waals surface area contributed by atoms with Gasteiger partial charge < -0.3 is 10.5 Å². The average Bonchev–Trinajstić information content (AvgIpc) is 2.84. The summed E-state index contributed by atoms with van der Waals surface area (Å²) in [5.74, 6) is 1.70. The maximum Gasteiger partial charge on any atom is 0.119 e. The summed E-state index contributed by atoms with van der Waals surface area (Å²) >= 11 is 0. The molecule has 0 saturated carbocycles. The lowest BCUT2D eigenvalue weighted by Gasteiger charge is -2.14. The molecule has 0 bridgehead atoms. The molecule has 0 fully saturated rings. The Labute approximate surface area is 130 Å². The third kappa shape index (κ3) is 5.03. The number of unbranched alkanes of at least 4 members (excludes halogenated alkanes) is 4. The zero-order chi connectivity index (χ0) is 15.1. The van der Waals surface area contributed by atoms with Gasteiger partial charge in [0.25, 0.3) is 0 Å². The maximum absolute atomic E-state index is 5.95. The fourth-order valence-electron chi connectivity index (χ4n) is 3.36. The van der Waals surface area contributed by atoms with Gasteiger partial charge in [-0.2, -0.15) is 0 Å². The second-order valence-corrected chi connectivity index (χ2v) is 6.57. The fourth-order valence-corrected chi connectivity index (χ4v) is 3.36. The summed E-state index contributed by atoms with van der Waals surface area (Å²) in [6.45, 7) is 5.21.